The molecule has 0 unspecified atom stereocenters. The molecule has 0 radical (unpaired) electrons. The Bertz CT molecular complexity index is 729. The third kappa shape index (κ3) is 5.48. The summed E-state index contributed by atoms with van der Waals surface area (Å²) in [4.78, 5) is 19.2. The number of nitrogens with zero attached hydrogens (tertiary/aromatic N) is 3. The van der Waals surface area contributed by atoms with E-state index in [2.05, 4.69) is 22.0 Å². The van der Waals surface area contributed by atoms with E-state index in [1.807, 2.05) is 20.3 Å². The molecule has 1 aromatic rings. The van der Waals surface area contributed by atoms with Crippen molar-refractivity contribution in [1.82, 2.24) is 9.80 Å². The first-order valence-electron chi connectivity index (χ1n) is 10.5. The van der Waals surface area contributed by atoms with Gasteiger partial charge in [0, 0.05) is 51.0 Å². The Kier molecular flexibility index (Phi) is 7.50. The number of urea groups is 1. The highest BCUT2D eigenvalue weighted by molar-refractivity contribution is 5.80. The summed E-state index contributed by atoms with van der Waals surface area (Å²) in [7, 11) is 5.82. The molecule has 1 atom stereocenters. The van der Waals surface area contributed by atoms with Gasteiger partial charge in [0.25, 0.3) is 0 Å². The first kappa shape index (κ1) is 21.6. The molecule has 2 N–H and O–H groups in total. The van der Waals surface area contributed by atoms with Crippen LogP contribution in [0.1, 0.15) is 36.3 Å². The van der Waals surface area contributed by atoms with Crippen LogP contribution in [0.5, 0.6) is 5.75 Å². The van der Waals surface area contributed by atoms with Crippen molar-refractivity contribution >= 4 is 17.9 Å². The lowest BCUT2D eigenvalue weighted by atomic mass is 9.89. The monoisotopic (exact) mass is 402 g/mol. The number of methoxy groups -OCH3 is 1. The second-order valence-corrected chi connectivity index (χ2v) is 8.29. The molecule has 7 heteroatoms. The molecular weight excluding hydrogens is 368 g/mol. The number of benzene rings is 1. The highest BCUT2D eigenvalue weighted by Gasteiger charge is 2.25. The number of amides is 2. The Morgan fingerprint density at radius 1 is 1.31 bits per heavy atom. The molecule has 4 rings (SSSR count). The third-order valence-corrected chi connectivity index (χ3v) is 5.89. The molecule has 0 bridgehead atoms. The average Bonchev–Trinajstić information content (AvgIpc) is 3.38. The van der Waals surface area contributed by atoms with Crippen LogP contribution >= 0.6 is 0 Å². The zero-order chi connectivity index (χ0) is 20.8. The largest absolute Gasteiger partial charge is 0.496 e. The van der Waals surface area contributed by atoms with Crippen LogP contribution in [-0.4, -0.2) is 76.1 Å². The first-order valence-corrected chi connectivity index (χ1v) is 10.5. The second kappa shape index (κ2) is 10.1. The van der Waals surface area contributed by atoms with Crippen molar-refractivity contribution in [1.29, 1.82) is 0 Å². The van der Waals surface area contributed by atoms with E-state index in [1.54, 1.807) is 12.0 Å². The normalized spacial score (nSPS) is 21.1. The molecule has 0 spiro atoms. The molecule has 2 saturated heterocycles. The van der Waals surface area contributed by atoms with Crippen molar-refractivity contribution in [2.75, 3.05) is 54.1 Å². The van der Waals surface area contributed by atoms with Crippen molar-refractivity contribution in [3.05, 3.63) is 23.3 Å². The molecule has 1 aromatic carbocycles. The van der Waals surface area contributed by atoms with Crippen molar-refractivity contribution in [2.45, 2.75) is 31.6 Å². The predicted molar refractivity (Wildman–Crippen MR) is 115 cm³/mol. The van der Waals surface area contributed by atoms with Crippen LogP contribution in [0.2, 0.25) is 0 Å². The minimum Gasteiger partial charge on any atom is -0.496 e. The van der Waals surface area contributed by atoms with Gasteiger partial charge in [0.05, 0.1) is 12.8 Å². The molecule has 0 aliphatic carbocycles. The summed E-state index contributed by atoms with van der Waals surface area (Å²) in [5, 5.41) is 0. The van der Waals surface area contributed by atoms with Gasteiger partial charge in [0.15, 0.2) is 0 Å². The Morgan fingerprint density at radius 3 is 2.69 bits per heavy atom. The Balaban J connectivity index is 0.000000177. The van der Waals surface area contributed by atoms with E-state index in [4.69, 9.17) is 15.2 Å². The molecule has 7 nitrogen and oxygen atoms in total. The fraction of sp³-hybridized carbons (Fsp3) is 0.636. The van der Waals surface area contributed by atoms with Gasteiger partial charge in [-0.3, -0.25) is 4.99 Å². The molecule has 2 amide bonds. The number of ether oxygens (including phenoxy) is 2. The molecule has 2 fully saturated rings. The number of hydrogen-bond donors (Lipinski definition) is 1. The summed E-state index contributed by atoms with van der Waals surface area (Å²) in [6.45, 7) is 4.44. The van der Waals surface area contributed by atoms with Gasteiger partial charge in [-0.05, 0) is 56.8 Å². The van der Waals surface area contributed by atoms with E-state index in [0.717, 1.165) is 70.0 Å². The van der Waals surface area contributed by atoms with Crippen LogP contribution in [0.25, 0.3) is 0 Å². The fourth-order valence-corrected chi connectivity index (χ4v) is 4.44. The Morgan fingerprint density at radius 2 is 2.07 bits per heavy atom. The molecule has 0 aromatic heterocycles. The maximum atomic E-state index is 10.8. The third-order valence-electron chi connectivity index (χ3n) is 5.89. The van der Waals surface area contributed by atoms with Crippen LogP contribution in [0.15, 0.2) is 17.1 Å². The molecule has 3 aliphatic heterocycles. The summed E-state index contributed by atoms with van der Waals surface area (Å²) in [6.07, 6.45) is 6.18. The van der Waals surface area contributed by atoms with Crippen LogP contribution in [0.3, 0.4) is 0 Å². The van der Waals surface area contributed by atoms with E-state index in [-0.39, 0.29) is 6.03 Å². The number of aliphatic imine (C=N–C) groups is 1. The van der Waals surface area contributed by atoms with Crippen LogP contribution in [-0.2, 0) is 11.2 Å². The number of hydrogen-bond acceptors (Lipinski definition) is 5. The molecular formula is C22H34N4O3. The fourth-order valence-electron chi connectivity index (χ4n) is 4.44. The number of carbonyl (C=O) groups excluding carboxylic acids is 1. The summed E-state index contributed by atoms with van der Waals surface area (Å²) in [6, 6.07) is 3.98. The first-order chi connectivity index (χ1) is 14.0. The smallest absolute Gasteiger partial charge is 0.314 e. The number of likely N-dealkylation sites (tertiary alicyclic amines) is 1. The highest BCUT2D eigenvalue weighted by Crippen LogP contribution is 2.41. The Hall–Kier alpha value is -2.12. The summed E-state index contributed by atoms with van der Waals surface area (Å²) in [5.74, 6) is 2.17. The van der Waals surface area contributed by atoms with Gasteiger partial charge in [0.1, 0.15) is 5.75 Å². The second-order valence-electron chi connectivity index (χ2n) is 8.29. The Labute approximate surface area is 173 Å². The molecule has 29 heavy (non-hydrogen) atoms. The average molecular weight is 403 g/mol. The number of fused-ring (bicyclic) bond motifs is 1. The van der Waals surface area contributed by atoms with Crippen LogP contribution < -0.4 is 10.5 Å². The van der Waals surface area contributed by atoms with E-state index in [1.165, 1.54) is 11.1 Å². The standard InChI is InChI=1S/C14H17NO2.C8H17N3O/c1-16-13-3-2-11(10-5-8-17-9-6-10)14-12(13)4-7-15-14;1-10(2)5-7-3-4-11(6-7)8(9)12/h2-3,7,10H,4-6,8-9H2,1H3;7H,3-6H2,1-2H3,(H2,9,12)/t;7-/m.1/s1. The van der Waals surface area contributed by atoms with Gasteiger partial charge in [-0.1, -0.05) is 6.07 Å². The predicted octanol–water partition coefficient (Wildman–Crippen LogP) is 2.80. The zero-order valence-corrected chi connectivity index (χ0v) is 17.9. The summed E-state index contributed by atoms with van der Waals surface area (Å²) >= 11 is 0. The lowest BCUT2D eigenvalue weighted by molar-refractivity contribution is 0.0854. The minimum absolute atomic E-state index is 0.281. The van der Waals surface area contributed by atoms with Gasteiger partial charge in [-0.15, -0.1) is 0 Å². The lowest BCUT2D eigenvalue weighted by Crippen LogP contribution is -2.34. The van der Waals surface area contributed by atoms with Crippen molar-refractivity contribution in [3.63, 3.8) is 0 Å². The highest BCUT2D eigenvalue weighted by atomic mass is 16.5. The number of nitrogens with two attached hydrogens (primary N) is 1. The van der Waals surface area contributed by atoms with Gasteiger partial charge < -0.3 is 25.0 Å². The van der Waals surface area contributed by atoms with Gasteiger partial charge in [-0.2, -0.15) is 0 Å². The van der Waals surface area contributed by atoms with E-state index in [9.17, 15) is 4.79 Å². The molecule has 3 aliphatic rings. The van der Waals surface area contributed by atoms with Crippen LogP contribution in [0, 0.1) is 5.92 Å². The van der Waals surface area contributed by atoms with E-state index in [0.29, 0.717) is 11.8 Å². The van der Waals surface area contributed by atoms with Crippen molar-refractivity contribution in [2.24, 2.45) is 16.6 Å². The number of carbonyl (C=O) groups is 1. The minimum atomic E-state index is -0.281. The maximum absolute atomic E-state index is 10.8. The maximum Gasteiger partial charge on any atom is 0.314 e. The quantitative estimate of drug-likeness (QED) is 0.840. The zero-order valence-electron chi connectivity index (χ0n) is 17.9. The number of rotatable bonds is 4. The summed E-state index contributed by atoms with van der Waals surface area (Å²) in [5.41, 5.74) is 8.93. The SMILES string of the molecule is CN(C)C[C@H]1CCN(C(N)=O)C1.COc1ccc(C2CCOCC2)c2c1CC=N2. The van der Waals surface area contributed by atoms with Crippen molar-refractivity contribution < 1.29 is 14.3 Å². The van der Waals surface area contributed by atoms with Gasteiger partial charge in [0.2, 0.25) is 0 Å². The van der Waals surface area contributed by atoms with Gasteiger partial charge >= 0.3 is 6.03 Å². The number of primary amides is 1. The lowest BCUT2D eigenvalue weighted by Gasteiger charge is -2.24. The van der Waals surface area contributed by atoms with E-state index < -0.39 is 0 Å². The molecule has 3 heterocycles. The van der Waals surface area contributed by atoms with Gasteiger partial charge in [-0.25, -0.2) is 4.79 Å². The van der Waals surface area contributed by atoms with Crippen LogP contribution in [0.4, 0.5) is 10.5 Å². The molecule has 0 saturated carbocycles. The topological polar surface area (TPSA) is 80.4 Å². The molecule has 160 valence electrons. The van der Waals surface area contributed by atoms with Crippen molar-refractivity contribution in [3.8, 4) is 5.75 Å². The summed E-state index contributed by atoms with van der Waals surface area (Å²) < 4.78 is 10.8. The van der Waals surface area contributed by atoms with E-state index >= 15 is 0 Å².